The number of hydrogen-bond acceptors (Lipinski definition) is 1. The lowest BCUT2D eigenvalue weighted by molar-refractivity contribution is -0.0376. The lowest BCUT2D eigenvalue weighted by atomic mass is 9.73. The van der Waals surface area contributed by atoms with Crippen molar-refractivity contribution >= 4 is 0 Å². The Morgan fingerprint density at radius 3 is 2.30 bits per heavy atom. The molecule has 0 bridgehead atoms. The Morgan fingerprint density at radius 1 is 1.00 bits per heavy atom. The second-order valence-electron chi connectivity index (χ2n) is 7.29. The highest BCUT2D eigenvalue weighted by Gasteiger charge is 2.40. The van der Waals surface area contributed by atoms with E-state index >= 15 is 0 Å². The Bertz CT molecular complexity index is 417. The van der Waals surface area contributed by atoms with Crippen LogP contribution in [0.25, 0.3) is 0 Å². The molecule has 2 aliphatic rings. The molecule has 0 N–H and O–H groups in total. The maximum Gasteiger partial charge on any atom is 0.0654 e. The first-order valence-electron chi connectivity index (χ1n) is 8.38. The molecule has 1 heterocycles. The highest BCUT2D eigenvalue weighted by Crippen LogP contribution is 2.45. The smallest absolute Gasteiger partial charge is 0.0654 e. The van der Waals surface area contributed by atoms with Crippen LogP contribution < -0.4 is 0 Å². The normalized spacial score (nSPS) is 28.4. The van der Waals surface area contributed by atoms with Crippen molar-refractivity contribution in [2.75, 3.05) is 0 Å². The molecule has 0 radical (unpaired) electrons. The second kappa shape index (κ2) is 5.89. The van der Waals surface area contributed by atoms with Gasteiger partial charge >= 0.3 is 0 Å². The summed E-state index contributed by atoms with van der Waals surface area (Å²) < 4.78 is 6.42. The average Bonchev–Trinajstić information content (AvgIpc) is 2.81. The maximum absolute atomic E-state index is 6.42. The van der Waals surface area contributed by atoms with E-state index in [9.17, 15) is 0 Å². The van der Waals surface area contributed by atoms with Crippen molar-refractivity contribution in [1.82, 2.24) is 0 Å². The molecule has 1 saturated carbocycles. The lowest BCUT2D eigenvalue weighted by Crippen LogP contribution is -2.30. The topological polar surface area (TPSA) is 9.23 Å². The van der Waals surface area contributed by atoms with Crippen LogP contribution in [0.2, 0.25) is 0 Å². The van der Waals surface area contributed by atoms with Crippen LogP contribution in [0.1, 0.15) is 70.3 Å². The van der Waals surface area contributed by atoms with E-state index in [1.807, 2.05) is 0 Å². The van der Waals surface area contributed by atoms with Crippen molar-refractivity contribution in [2.45, 2.75) is 76.4 Å². The zero-order valence-corrected chi connectivity index (χ0v) is 13.0. The third-order valence-electron chi connectivity index (χ3n) is 5.24. The molecule has 1 nitrogen and oxygen atoms in total. The van der Waals surface area contributed by atoms with Gasteiger partial charge in [-0.2, -0.15) is 0 Å². The first kappa shape index (κ1) is 14.1. The quantitative estimate of drug-likeness (QED) is 0.724. The summed E-state index contributed by atoms with van der Waals surface area (Å²) in [6, 6.07) is 11.1. The Morgan fingerprint density at radius 2 is 1.70 bits per heavy atom. The largest absolute Gasteiger partial charge is 0.372 e. The van der Waals surface area contributed by atoms with Gasteiger partial charge in [0, 0.05) is 5.92 Å². The molecule has 3 rings (SSSR count). The van der Waals surface area contributed by atoms with Crippen LogP contribution in [0.5, 0.6) is 0 Å². The monoisotopic (exact) mass is 272 g/mol. The van der Waals surface area contributed by atoms with Crippen LogP contribution in [-0.4, -0.2) is 11.7 Å². The fourth-order valence-electron chi connectivity index (χ4n) is 4.23. The summed E-state index contributed by atoms with van der Waals surface area (Å²) >= 11 is 0. The Labute approximate surface area is 123 Å². The maximum atomic E-state index is 6.42. The standard InChI is InChI=1S/C19H28O/c1-19(2)14-13-17(20-19)18(15-9-5-3-6-10-15)16-11-7-4-8-12-16/h3,5-6,9-10,16-18H,4,7-8,11-14H2,1-2H3/t17-,18-/m0/s1. The van der Waals surface area contributed by atoms with Gasteiger partial charge in [0.1, 0.15) is 0 Å². The molecule has 110 valence electrons. The zero-order valence-electron chi connectivity index (χ0n) is 13.0. The molecule has 2 fully saturated rings. The highest BCUT2D eigenvalue weighted by atomic mass is 16.5. The SMILES string of the molecule is CC1(C)CC[C@@H]([C@@H](c2ccccc2)C2CCCCC2)O1. The summed E-state index contributed by atoms with van der Waals surface area (Å²) in [5.41, 5.74) is 1.58. The first-order valence-corrected chi connectivity index (χ1v) is 8.38. The van der Waals surface area contributed by atoms with Crippen LogP contribution in [0, 0.1) is 5.92 Å². The molecule has 1 saturated heterocycles. The van der Waals surface area contributed by atoms with Gasteiger partial charge in [0.15, 0.2) is 0 Å². The van der Waals surface area contributed by atoms with Crippen LogP contribution in [0.4, 0.5) is 0 Å². The van der Waals surface area contributed by atoms with E-state index in [-0.39, 0.29) is 5.60 Å². The summed E-state index contributed by atoms with van der Waals surface area (Å²) in [6.07, 6.45) is 9.87. The fraction of sp³-hybridized carbons (Fsp3) is 0.684. The summed E-state index contributed by atoms with van der Waals surface area (Å²) in [5.74, 6) is 1.43. The Kier molecular flexibility index (Phi) is 4.16. The van der Waals surface area contributed by atoms with Gasteiger partial charge in [0.2, 0.25) is 0 Å². The van der Waals surface area contributed by atoms with Crippen LogP contribution >= 0.6 is 0 Å². The highest BCUT2D eigenvalue weighted by molar-refractivity contribution is 5.22. The molecule has 0 unspecified atom stereocenters. The second-order valence-corrected chi connectivity index (χ2v) is 7.29. The molecule has 0 amide bonds. The van der Waals surface area contributed by atoms with Crippen molar-refractivity contribution in [3.63, 3.8) is 0 Å². The van der Waals surface area contributed by atoms with Gasteiger partial charge < -0.3 is 4.74 Å². The van der Waals surface area contributed by atoms with E-state index in [1.54, 1.807) is 0 Å². The summed E-state index contributed by atoms with van der Waals surface area (Å²) in [5, 5.41) is 0. The van der Waals surface area contributed by atoms with E-state index < -0.39 is 0 Å². The molecule has 2 atom stereocenters. The van der Waals surface area contributed by atoms with Gasteiger partial charge in [-0.1, -0.05) is 49.6 Å². The lowest BCUT2D eigenvalue weighted by Gasteiger charge is -2.35. The molecule has 1 aromatic rings. The van der Waals surface area contributed by atoms with Gasteiger partial charge in [0.05, 0.1) is 11.7 Å². The summed E-state index contributed by atoms with van der Waals surface area (Å²) in [4.78, 5) is 0. The zero-order chi connectivity index (χ0) is 14.0. The van der Waals surface area contributed by atoms with E-state index in [0.29, 0.717) is 12.0 Å². The number of ether oxygens (including phenoxy) is 1. The molecule has 20 heavy (non-hydrogen) atoms. The van der Waals surface area contributed by atoms with Crippen molar-refractivity contribution in [3.05, 3.63) is 35.9 Å². The van der Waals surface area contributed by atoms with Gasteiger partial charge in [-0.25, -0.2) is 0 Å². The van der Waals surface area contributed by atoms with Crippen molar-refractivity contribution in [3.8, 4) is 0 Å². The summed E-state index contributed by atoms with van der Waals surface area (Å²) in [7, 11) is 0. The molecular formula is C19H28O. The molecule has 1 aliphatic heterocycles. The minimum absolute atomic E-state index is 0.0758. The van der Waals surface area contributed by atoms with Gasteiger partial charge in [0.25, 0.3) is 0 Å². The molecule has 0 aromatic heterocycles. The predicted octanol–water partition coefficient (Wildman–Crippen LogP) is 5.31. The molecule has 1 aliphatic carbocycles. The molecule has 0 spiro atoms. The van der Waals surface area contributed by atoms with Gasteiger partial charge in [-0.05, 0) is 51.0 Å². The van der Waals surface area contributed by atoms with E-state index in [2.05, 4.69) is 44.2 Å². The van der Waals surface area contributed by atoms with Crippen molar-refractivity contribution in [2.24, 2.45) is 5.92 Å². The average molecular weight is 272 g/mol. The molecule has 1 aromatic carbocycles. The number of rotatable bonds is 3. The van der Waals surface area contributed by atoms with E-state index in [0.717, 1.165) is 5.92 Å². The third-order valence-corrected chi connectivity index (χ3v) is 5.24. The van der Waals surface area contributed by atoms with E-state index in [1.165, 1.54) is 50.5 Å². The van der Waals surface area contributed by atoms with E-state index in [4.69, 9.17) is 4.74 Å². The van der Waals surface area contributed by atoms with Gasteiger partial charge in [-0.15, -0.1) is 0 Å². The molecule has 1 heteroatoms. The Hall–Kier alpha value is -0.820. The fourth-order valence-corrected chi connectivity index (χ4v) is 4.23. The van der Waals surface area contributed by atoms with Crippen LogP contribution in [0.3, 0.4) is 0 Å². The minimum Gasteiger partial charge on any atom is -0.372 e. The summed E-state index contributed by atoms with van der Waals surface area (Å²) in [6.45, 7) is 4.49. The minimum atomic E-state index is 0.0758. The number of benzene rings is 1. The number of hydrogen-bond donors (Lipinski definition) is 0. The van der Waals surface area contributed by atoms with Crippen molar-refractivity contribution < 1.29 is 4.74 Å². The van der Waals surface area contributed by atoms with Crippen molar-refractivity contribution in [1.29, 1.82) is 0 Å². The molecular weight excluding hydrogens is 244 g/mol. The van der Waals surface area contributed by atoms with Crippen LogP contribution in [0.15, 0.2) is 30.3 Å². The Balaban J connectivity index is 1.83. The van der Waals surface area contributed by atoms with Crippen LogP contribution in [-0.2, 0) is 4.74 Å². The first-order chi connectivity index (χ1) is 9.66. The third kappa shape index (κ3) is 3.09. The van der Waals surface area contributed by atoms with Gasteiger partial charge in [-0.3, -0.25) is 0 Å². The predicted molar refractivity (Wildman–Crippen MR) is 83.9 cm³/mol.